The molecule has 6 aromatic rings. The van der Waals surface area contributed by atoms with Gasteiger partial charge in [0.05, 0.1) is 50.1 Å². The number of rotatable bonds is 9. The molecule has 57 heavy (non-hydrogen) atoms. The second-order valence-electron chi connectivity index (χ2n) is 14.8. The minimum Gasteiger partial charge on any atom is -0.456 e. The van der Waals surface area contributed by atoms with E-state index in [9.17, 15) is 19.2 Å². The Hall–Kier alpha value is -6.38. The van der Waals surface area contributed by atoms with Gasteiger partial charge in [0, 0.05) is 29.4 Å². The highest BCUT2D eigenvalue weighted by Crippen LogP contribution is 2.44. The van der Waals surface area contributed by atoms with Gasteiger partial charge in [-0.15, -0.1) is 0 Å². The first-order valence-corrected chi connectivity index (χ1v) is 19.4. The van der Waals surface area contributed by atoms with Crippen molar-refractivity contribution in [2.75, 3.05) is 27.3 Å². The van der Waals surface area contributed by atoms with Crippen LogP contribution in [0, 0.1) is 0 Å². The van der Waals surface area contributed by atoms with E-state index in [0.717, 1.165) is 94.1 Å². The zero-order chi connectivity index (χ0) is 39.8. The van der Waals surface area contributed by atoms with Crippen molar-refractivity contribution in [2.24, 2.45) is 0 Å². The summed E-state index contributed by atoms with van der Waals surface area (Å²) in [6, 6.07) is 14.5. The molecule has 0 radical (unpaired) electrons. The summed E-state index contributed by atoms with van der Waals surface area (Å²) in [6.07, 6.45) is 7.54. The SMILES string of the molecule is COC(=O)NC(C)C(=O)N1CCCCC1c1ncc(-c2ccc(-c3ccc(-c4cnc(C5CCCCN5C(=O)C(C)NC(=O)OC)[nH]4)c4c5ccc(o5)c34)cc2)[nH]1. The molecule has 2 aliphatic rings. The standard InChI is InChI=1S/C42H46N8O7/c1-23(45-41(53)55-3)39(51)49-19-7-5-9-31(49)37-43-21-29(47-37)26-13-11-25(12-14-26)27-15-16-28(36-34-18-17-33(57-34)35(27)36)30-22-44-38(48-30)32-10-6-8-20-50(32)40(52)24(2)46-42(54)56-4/h11-18,21-24,31-32H,5-10,19-20H2,1-4H3,(H,43,47)(H,44,48)(H,45,53)(H,46,54). The predicted octanol–water partition coefficient (Wildman–Crippen LogP) is 7.07. The number of hydrogen-bond acceptors (Lipinski definition) is 9. The summed E-state index contributed by atoms with van der Waals surface area (Å²) >= 11 is 0. The van der Waals surface area contributed by atoms with Crippen LogP contribution in [0.4, 0.5) is 9.59 Å². The van der Waals surface area contributed by atoms with Crippen molar-refractivity contribution in [1.82, 2.24) is 40.4 Å². The van der Waals surface area contributed by atoms with Gasteiger partial charge in [0.15, 0.2) is 0 Å². The lowest BCUT2D eigenvalue weighted by Gasteiger charge is -2.36. The number of ether oxygens (including phenoxy) is 2. The topological polar surface area (TPSA) is 188 Å². The van der Waals surface area contributed by atoms with E-state index >= 15 is 0 Å². The van der Waals surface area contributed by atoms with E-state index in [0.29, 0.717) is 24.7 Å². The third kappa shape index (κ3) is 7.13. The number of H-pyrrole nitrogens is 2. The molecule has 2 bridgehead atoms. The first-order chi connectivity index (χ1) is 27.6. The highest BCUT2D eigenvalue weighted by Gasteiger charge is 2.35. The van der Waals surface area contributed by atoms with Crippen LogP contribution in [0.15, 0.2) is 65.3 Å². The average Bonchev–Trinajstić information content (AvgIpc) is 4.09. The number of furan rings is 2. The molecule has 8 rings (SSSR count). The largest absolute Gasteiger partial charge is 0.456 e. The first-order valence-electron chi connectivity index (χ1n) is 19.4. The van der Waals surface area contributed by atoms with E-state index in [1.54, 1.807) is 29.8 Å². The molecule has 6 heterocycles. The van der Waals surface area contributed by atoms with Gasteiger partial charge in [0.2, 0.25) is 11.8 Å². The van der Waals surface area contributed by atoms with Gasteiger partial charge in [-0.1, -0.05) is 36.4 Å². The van der Waals surface area contributed by atoms with Gasteiger partial charge in [-0.05, 0) is 81.2 Å². The lowest BCUT2D eigenvalue weighted by Crippen LogP contribution is -2.49. The van der Waals surface area contributed by atoms with Crippen LogP contribution in [0.1, 0.15) is 76.1 Å². The Morgan fingerprint density at radius 2 is 1.14 bits per heavy atom. The molecule has 2 saturated heterocycles. The van der Waals surface area contributed by atoms with Crippen molar-refractivity contribution in [3.8, 4) is 33.6 Å². The van der Waals surface area contributed by atoms with Crippen LogP contribution in [-0.2, 0) is 19.1 Å². The first kappa shape index (κ1) is 37.5. The summed E-state index contributed by atoms with van der Waals surface area (Å²) in [5, 5.41) is 7.17. The molecule has 4 aromatic heterocycles. The number of fused-ring (bicyclic) bond motifs is 5. The fourth-order valence-corrected chi connectivity index (χ4v) is 8.36. The van der Waals surface area contributed by atoms with Crippen LogP contribution in [-0.4, -0.2) is 93.1 Å². The van der Waals surface area contributed by atoms with E-state index in [-0.39, 0.29) is 23.9 Å². The molecule has 2 aliphatic heterocycles. The number of aromatic amines is 2. The van der Waals surface area contributed by atoms with Crippen LogP contribution in [0.25, 0.3) is 55.6 Å². The van der Waals surface area contributed by atoms with Gasteiger partial charge in [0.25, 0.3) is 0 Å². The molecule has 15 nitrogen and oxygen atoms in total. The van der Waals surface area contributed by atoms with Gasteiger partial charge in [-0.2, -0.15) is 0 Å². The summed E-state index contributed by atoms with van der Waals surface area (Å²) in [4.78, 5) is 70.4. The van der Waals surface area contributed by atoms with Crippen LogP contribution in [0.5, 0.6) is 0 Å². The van der Waals surface area contributed by atoms with Gasteiger partial charge in [0.1, 0.15) is 34.9 Å². The Bertz CT molecular complexity index is 2420. The molecule has 4 atom stereocenters. The normalized spacial score (nSPS) is 18.4. The quantitative estimate of drug-likeness (QED) is 0.119. The van der Waals surface area contributed by atoms with E-state index in [4.69, 9.17) is 19.1 Å². The monoisotopic (exact) mass is 774 g/mol. The number of nitrogens with one attached hydrogen (secondary N) is 4. The smallest absolute Gasteiger partial charge is 0.407 e. The zero-order valence-corrected chi connectivity index (χ0v) is 32.4. The number of methoxy groups -OCH3 is 2. The van der Waals surface area contributed by atoms with Crippen molar-refractivity contribution < 1.29 is 33.1 Å². The van der Waals surface area contributed by atoms with Crippen LogP contribution >= 0.6 is 0 Å². The molecule has 0 saturated carbocycles. The Morgan fingerprint density at radius 1 is 0.667 bits per heavy atom. The molecular weight excluding hydrogens is 729 g/mol. The third-order valence-electron chi connectivity index (χ3n) is 11.3. The minimum absolute atomic E-state index is 0.175. The second kappa shape index (κ2) is 15.6. The number of imidazole rings is 2. The van der Waals surface area contributed by atoms with Crippen molar-refractivity contribution in [3.05, 3.63) is 72.6 Å². The van der Waals surface area contributed by atoms with Crippen LogP contribution in [0.3, 0.4) is 0 Å². The molecule has 4 N–H and O–H groups in total. The number of likely N-dealkylation sites (tertiary alicyclic amines) is 2. The van der Waals surface area contributed by atoms with E-state index in [1.807, 2.05) is 18.3 Å². The summed E-state index contributed by atoms with van der Waals surface area (Å²) in [7, 11) is 2.55. The number of alkyl carbamates (subject to hydrolysis) is 2. The number of carbonyl (C=O) groups excluding carboxylic acids is 4. The maximum absolute atomic E-state index is 13.4. The fraction of sp³-hybridized carbons (Fsp3) is 0.381. The molecule has 2 fully saturated rings. The number of hydrogen-bond donors (Lipinski definition) is 4. The number of carbonyl (C=O) groups is 4. The molecule has 4 unspecified atom stereocenters. The lowest BCUT2D eigenvalue weighted by molar-refractivity contribution is -0.137. The Morgan fingerprint density at radius 3 is 1.68 bits per heavy atom. The van der Waals surface area contributed by atoms with Gasteiger partial charge < -0.3 is 44.3 Å². The van der Waals surface area contributed by atoms with Crippen molar-refractivity contribution in [2.45, 2.75) is 76.5 Å². The third-order valence-corrected chi connectivity index (χ3v) is 11.3. The van der Waals surface area contributed by atoms with Crippen LogP contribution < -0.4 is 10.6 Å². The lowest BCUT2D eigenvalue weighted by atomic mass is 9.93. The molecule has 15 heteroatoms. The Balaban J connectivity index is 1.03. The van der Waals surface area contributed by atoms with E-state index in [2.05, 4.69) is 61.7 Å². The van der Waals surface area contributed by atoms with Gasteiger partial charge in [-0.25, -0.2) is 19.6 Å². The molecule has 296 valence electrons. The number of nitrogens with zero attached hydrogens (tertiary/aromatic N) is 4. The van der Waals surface area contributed by atoms with Gasteiger partial charge in [-0.3, -0.25) is 9.59 Å². The fourth-order valence-electron chi connectivity index (χ4n) is 8.36. The molecule has 4 amide bonds. The zero-order valence-electron chi connectivity index (χ0n) is 32.4. The predicted molar refractivity (Wildman–Crippen MR) is 212 cm³/mol. The van der Waals surface area contributed by atoms with E-state index in [1.165, 1.54) is 14.2 Å². The second-order valence-corrected chi connectivity index (χ2v) is 14.8. The minimum atomic E-state index is -0.736. The highest BCUT2D eigenvalue weighted by molar-refractivity contribution is 6.19. The average molecular weight is 775 g/mol. The van der Waals surface area contributed by atoms with Gasteiger partial charge >= 0.3 is 12.2 Å². The Kier molecular flexibility index (Phi) is 10.3. The number of benzene rings is 3. The summed E-state index contributed by atoms with van der Waals surface area (Å²) in [5.41, 5.74) is 7.18. The highest BCUT2D eigenvalue weighted by atomic mass is 16.5. The Labute approximate surface area is 328 Å². The summed E-state index contributed by atoms with van der Waals surface area (Å²) < 4.78 is 15.6. The summed E-state index contributed by atoms with van der Waals surface area (Å²) in [6.45, 7) is 4.48. The van der Waals surface area contributed by atoms with Crippen molar-refractivity contribution in [1.29, 1.82) is 0 Å². The molecule has 0 aliphatic carbocycles. The number of aromatic nitrogens is 4. The maximum Gasteiger partial charge on any atom is 0.407 e. The van der Waals surface area contributed by atoms with Crippen molar-refractivity contribution in [3.63, 3.8) is 0 Å². The molecule has 0 spiro atoms. The van der Waals surface area contributed by atoms with Crippen LogP contribution in [0.2, 0.25) is 0 Å². The summed E-state index contributed by atoms with van der Waals surface area (Å²) in [5.74, 6) is 1.05. The van der Waals surface area contributed by atoms with E-state index < -0.39 is 24.3 Å². The molecule has 2 aromatic carbocycles. The maximum atomic E-state index is 13.4. The molecular formula is C42H46N8O7. The number of amides is 4. The number of piperidine rings is 2. The van der Waals surface area contributed by atoms with Crippen molar-refractivity contribution >= 4 is 45.9 Å².